The molecule has 1 heterocycles. The van der Waals surface area contributed by atoms with Gasteiger partial charge in [-0.3, -0.25) is 4.98 Å². The zero-order valence-electron chi connectivity index (χ0n) is 8.12. The monoisotopic (exact) mass is 217 g/mol. The van der Waals surface area contributed by atoms with Gasteiger partial charge in [0.05, 0.1) is 23.9 Å². The summed E-state index contributed by atoms with van der Waals surface area (Å²) in [5.41, 5.74) is -1.12. The number of pyridine rings is 1. The summed E-state index contributed by atoms with van der Waals surface area (Å²) in [5, 5.41) is 9.34. The molecule has 0 aromatic carbocycles. The summed E-state index contributed by atoms with van der Waals surface area (Å²) < 4.78 is 29.4. The molecule has 0 aliphatic heterocycles. The lowest BCUT2D eigenvalue weighted by molar-refractivity contribution is 0.0587. The minimum atomic E-state index is -2.96. The van der Waals surface area contributed by atoms with Crippen molar-refractivity contribution in [1.82, 2.24) is 4.98 Å². The van der Waals surface area contributed by atoms with Gasteiger partial charge in [-0.05, 0) is 6.92 Å². The Kier molecular flexibility index (Phi) is 3.18. The molecule has 0 spiro atoms. The van der Waals surface area contributed by atoms with Gasteiger partial charge in [-0.1, -0.05) is 0 Å². The van der Waals surface area contributed by atoms with E-state index < -0.39 is 29.3 Å². The van der Waals surface area contributed by atoms with Crippen molar-refractivity contribution in [2.24, 2.45) is 0 Å². The maximum absolute atomic E-state index is 12.6. The van der Waals surface area contributed by atoms with Gasteiger partial charge in [-0.25, -0.2) is 13.6 Å². The third-order valence-corrected chi connectivity index (χ3v) is 1.90. The van der Waals surface area contributed by atoms with Crippen LogP contribution in [0.15, 0.2) is 6.20 Å². The molecule has 0 amide bonds. The van der Waals surface area contributed by atoms with Gasteiger partial charge >= 0.3 is 5.97 Å². The molecule has 0 aliphatic rings. The summed E-state index contributed by atoms with van der Waals surface area (Å²) in [6, 6.07) is 0. The second-order valence-electron chi connectivity index (χ2n) is 2.81. The molecule has 0 aliphatic carbocycles. The summed E-state index contributed by atoms with van der Waals surface area (Å²) in [6.45, 7) is 1.36. The van der Waals surface area contributed by atoms with Crippen LogP contribution in [0.4, 0.5) is 8.78 Å². The van der Waals surface area contributed by atoms with Crippen LogP contribution in [-0.2, 0) is 4.74 Å². The summed E-state index contributed by atoms with van der Waals surface area (Å²) >= 11 is 0. The number of nitrogens with zero attached hydrogens (tertiary/aromatic N) is 1. The summed E-state index contributed by atoms with van der Waals surface area (Å²) in [5.74, 6) is -1.62. The first-order valence-electron chi connectivity index (χ1n) is 4.04. The fourth-order valence-corrected chi connectivity index (χ4v) is 1.11. The Balaban J connectivity index is 3.40. The normalized spacial score (nSPS) is 10.5. The molecule has 0 radical (unpaired) electrons. The molecule has 0 bridgehead atoms. The number of aromatic nitrogens is 1. The number of carbonyl (C=O) groups excluding carboxylic acids is 1. The predicted molar refractivity (Wildman–Crippen MR) is 46.9 cm³/mol. The van der Waals surface area contributed by atoms with E-state index in [1.54, 1.807) is 0 Å². The van der Waals surface area contributed by atoms with Gasteiger partial charge in [0.15, 0.2) is 0 Å². The molecule has 0 saturated heterocycles. The number of alkyl halides is 2. The maximum Gasteiger partial charge on any atom is 0.340 e. The highest BCUT2D eigenvalue weighted by atomic mass is 19.3. The zero-order chi connectivity index (χ0) is 11.6. The third-order valence-electron chi connectivity index (χ3n) is 1.90. The topological polar surface area (TPSA) is 59.4 Å². The molecule has 82 valence electrons. The van der Waals surface area contributed by atoms with Gasteiger partial charge in [0.2, 0.25) is 0 Å². The van der Waals surface area contributed by atoms with Crippen molar-refractivity contribution in [1.29, 1.82) is 0 Å². The van der Waals surface area contributed by atoms with Crippen LogP contribution in [0.1, 0.15) is 28.0 Å². The molecule has 0 atom stereocenters. The SMILES string of the molecule is COC(=O)c1cnc(C)c(O)c1C(F)F. The van der Waals surface area contributed by atoms with Gasteiger partial charge < -0.3 is 9.84 Å². The van der Waals surface area contributed by atoms with E-state index in [2.05, 4.69) is 9.72 Å². The molecule has 1 aromatic rings. The van der Waals surface area contributed by atoms with Crippen LogP contribution in [0.2, 0.25) is 0 Å². The Morgan fingerprint density at radius 2 is 2.20 bits per heavy atom. The van der Waals surface area contributed by atoms with Crippen molar-refractivity contribution >= 4 is 5.97 Å². The Morgan fingerprint density at radius 1 is 1.60 bits per heavy atom. The highest BCUT2D eigenvalue weighted by Gasteiger charge is 2.24. The zero-order valence-corrected chi connectivity index (χ0v) is 8.12. The summed E-state index contributed by atoms with van der Waals surface area (Å²) in [7, 11) is 1.06. The van der Waals surface area contributed by atoms with Crippen molar-refractivity contribution in [3.8, 4) is 5.75 Å². The quantitative estimate of drug-likeness (QED) is 0.767. The van der Waals surface area contributed by atoms with Gasteiger partial charge in [-0.15, -0.1) is 0 Å². The minimum absolute atomic E-state index is 0.0398. The number of hydrogen-bond donors (Lipinski definition) is 1. The van der Waals surface area contributed by atoms with Crippen molar-refractivity contribution in [3.05, 3.63) is 23.0 Å². The standard InChI is InChI=1S/C9H9F2NO3/c1-4-7(13)6(8(10)11)5(3-12-4)9(14)15-2/h3,8,13H,1-2H3. The number of esters is 1. The molecule has 0 fully saturated rings. The van der Waals surface area contributed by atoms with Crippen LogP contribution in [0.3, 0.4) is 0 Å². The van der Waals surface area contributed by atoms with Crippen LogP contribution < -0.4 is 0 Å². The molecule has 4 nitrogen and oxygen atoms in total. The molecule has 6 heteroatoms. The Bertz CT molecular complexity index is 393. The minimum Gasteiger partial charge on any atom is -0.506 e. The van der Waals surface area contributed by atoms with E-state index in [4.69, 9.17) is 0 Å². The average molecular weight is 217 g/mol. The first-order chi connectivity index (χ1) is 6.99. The second-order valence-corrected chi connectivity index (χ2v) is 2.81. The molecule has 15 heavy (non-hydrogen) atoms. The van der Waals surface area contributed by atoms with Crippen molar-refractivity contribution in [2.45, 2.75) is 13.3 Å². The number of carbonyl (C=O) groups is 1. The second kappa shape index (κ2) is 4.20. The van der Waals surface area contributed by atoms with Crippen molar-refractivity contribution in [2.75, 3.05) is 7.11 Å². The molecule has 1 N–H and O–H groups in total. The number of aromatic hydroxyl groups is 1. The van der Waals surface area contributed by atoms with Gasteiger partial charge in [0.1, 0.15) is 5.75 Å². The van der Waals surface area contributed by atoms with E-state index in [0.717, 1.165) is 13.3 Å². The Hall–Kier alpha value is -1.72. The van der Waals surface area contributed by atoms with Gasteiger partial charge in [0, 0.05) is 6.20 Å². The molecule has 1 rings (SSSR count). The van der Waals surface area contributed by atoms with Crippen molar-refractivity contribution in [3.63, 3.8) is 0 Å². The molecule has 1 aromatic heterocycles. The number of methoxy groups -OCH3 is 1. The van der Waals surface area contributed by atoms with Crippen LogP contribution in [0, 0.1) is 6.92 Å². The summed E-state index contributed by atoms with van der Waals surface area (Å²) in [4.78, 5) is 14.7. The number of ether oxygens (including phenoxy) is 1. The molecule has 0 unspecified atom stereocenters. The number of rotatable bonds is 2. The van der Waals surface area contributed by atoms with Crippen LogP contribution in [0.5, 0.6) is 5.75 Å². The molecular formula is C9H9F2NO3. The Morgan fingerprint density at radius 3 is 2.67 bits per heavy atom. The highest BCUT2D eigenvalue weighted by molar-refractivity contribution is 5.91. The van der Waals surface area contributed by atoms with E-state index in [-0.39, 0.29) is 5.69 Å². The lowest BCUT2D eigenvalue weighted by atomic mass is 10.1. The maximum atomic E-state index is 12.6. The fraction of sp³-hybridized carbons (Fsp3) is 0.333. The van der Waals surface area contributed by atoms with Crippen LogP contribution in [-0.4, -0.2) is 23.2 Å². The van der Waals surface area contributed by atoms with E-state index in [9.17, 15) is 18.7 Å². The van der Waals surface area contributed by atoms with Gasteiger partial charge in [0.25, 0.3) is 6.43 Å². The number of hydrogen-bond acceptors (Lipinski definition) is 4. The van der Waals surface area contributed by atoms with E-state index in [1.165, 1.54) is 6.92 Å². The van der Waals surface area contributed by atoms with Crippen molar-refractivity contribution < 1.29 is 23.4 Å². The predicted octanol–water partition coefficient (Wildman–Crippen LogP) is 1.82. The van der Waals surface area contributed by atoms with Gasteiger partial charge in [-0.2, -0.15) is 0 Å². The Labute approximate surface area is 84.5 Å². The molecular weight excluding hydrogens is 208 g/mol. The first kappa shape index (κ1) is 11.4. The summed E-state index contributed by atoms with van der Waals surface area (Å²) in [6.07, 6.45) is -2.00. The largest absolute Gasteiger partial charge is 0.506 e. The number of halogens is 2. The van der Waals surface area contributed by atoms with E-state index >= 15 is 0 Å². The average Bonchev–Trinajstić information content (AvgIpc) is 2.20. The fourth-order valence-electron chi connectivity index (χ4n) is 1.11. The van der Waals surface area contributed by atoms with Crippen LogP contribution >= 0.6 is 0 Å². The third kappa shape index (κ3) is 2.03. The first-order valence-corrected chi connectivity index (χ1v) is 4.04. The lowest BCUT2D eigenvalue weighted by Crippen LogP contribution is -2.08. The van der Waals surface area contributed by atoms with E-state index in [1.807, 2.05) is 0 Å². The highest BCUT2D eigenvalue weighted by Crippen LogP contribution is 2.32. The number of aryl methyl sites for hydroxylation is 1. The lowest BCUT2D eigenvalue weighted by Gasteiger charge is -2.09. The van der Waals surface area contributed by atoms with Crippen LogP contribution in [0.25, 0.3) is 0 Å². The smallest absolute Gasteiger partial charge is 0.340 e. The van der Waals surface area contributed by atoms with E-state index in [0.29, 0.717) is 0 Å². The molecule has 0 saturated carbocycles.